The average Bonchev–Trinajstić information content (AvgIpc) is 3.17. The number of rotatable bonds is 6. The Balaban J connectivity index is 1.74. The highest BCUT2D eigenvalue weighted by molar-refractivity contribution is 6.29. The van der Waals surface area contributed by atoms with Gasteiger partial charge in [0.05, 0.1) is 24.7 Å². The van der Waals surface area contributed by atoms with Crippen LogP contribution in [-0.4, -0.2) is 51.1 Å². The van der Waals surface area contributed by atoms with E-state index in [1.54, 1.807) is 22.9 Å². The summed E-state index contributed by atoms with van der Waals surface area (Å²) in [5, 5.41) is 1.77. The van der Waals surface area contributed by atoms with E-state index in [9.17, 15) is 4.79 Å². The monoisotopic (exact) mass is 447 g/mol. The Kier molecular flexibility index (Phi) is 5.28. The molecule has 0 aliphatic rings. The molecule has 0 radical (unpaired) electrons. The molecule has 7 nitrogen and oxygen atoms in total. The van der Waals surface area contributed by atoms with Crippen LogP contribution in [0.5, 0.6) is 5.75 Å². The minimum Gasteiger partial charge on any atom is -0.492 e. The molecule has 0 aliphatic heterocycles. The van der Waals surface area contributed by atoms with E-state index < -0.39 is 0 Å². The lowest BCUT2D eigenvalue weighted by molar-refractivity contribution is 0.280. The standard InChI is InChI=1S/C24H22ClN5O2/c1-28(2)12-5-13-32-17-9-11-21-27-22-18-6-3-4-7-19(18)24(31)30(23(22)29(21)15-17)16-8-10-20(25)26-14-16/h3-4,6-11,14-15H,5,12-13H2,1-2H3. The van der Waals surface area contributed by atoms with Crippen molar-refractivity contribution in [3.05, 3.63) is 76.4 Å². The lowest BCUT2D eigenvalue weighted by Gasteiger charge is -2.12. The molecule has 4 aromatic heterocycles. The number of halogens is 1. The highest BCUT2D eigenvalue weighted by atomic mass is 35.5. The largest absolute Gasteiger partial charge is 0.492 e. The van der Waals surface area contributed by atoms with Crippen LogP contribution < -0.4 is 10.3 Å². The van der Waals surface area contributed by atoms with Crippen molar-refractivity contribution >= 4 is 39.2 Å². The third kappa shape index (κ3) is 3.59. The molecule has 5 rings (SSSR count). The van der Waals surface area contributed by atoms with E-state index in [1.807, 2.05) is 61.1 Å². The topological polar surface area (TPSA) is 64.7 Å². The van der Waals surface area contributed by atoms with Crippen molar-refractivity contribution in [3.63, 3.8) is 0 Å². The number of benzene rings is 1. The van der Waals surface area contributed by atoms with Crippen LogP contribution >= 0.6 is 11.6 Å². The summed E-state index contributed by atoms with van der Waals surface area (Å²) in [7, 11) is 4.08. The van der Waals surface area contributed by atoms with E-state index in [0.29, 0.717) is 28.5 Å². The van der Waals surface area contributed by atoms with E-state index in [2.05, 4.69) is 9.88 Å². The van der Waals surface area contributed by atoms with Crippen LogP contribution in [0.4, 0.5) is 0 Å². The fraction of sp³-hybridized carbons (Fsp3) is 0.208. The number of pyridine rings is 3. The van der Waals surface area contributed by atoms with Gasteiger partial charge in [-0.15, -0.1) is 0 Å². The maximum atomic E-state index is 13.6. The van der Waals surface area contributed by atoms with Crippen molar-refractivity contribution in [1.29, 1.82) is 0 Å². The van der Waals surface area contributed by atoms with Gasteiger partial charge in [0.25, 0.3) is 5.56 Å². The van der Waals surface area contributed by atoms with Gasteiger partial charge in [-0.2, -0.15) is 0 Å². The number of aromatic nitrogens is 4. The second-order valence-corrected chi connectivity index (χ2v) is 8.29. The normalized spacial score (nSPS) is 11.8. The minimum absolute atomic E-state index is 0.142. The first-order valence-electron chi connectivity index (χ1n) is 10.4. The molecule has 0 atom stereocenters. The summed E-state index contributed by atoms with van der Waals surface area (Å²) in [6.45, 7) is 1.55. The van der Waals surface area contributed by atoms with Gasteiger partial charge in [0.15, 0.2) is 5.65 Å². The molecule has 0 N–H and O–H groups in total. The van der Waals surface area contributed by atoms with Crippen LogP contribution in [0.15, 0.2) is 65.7 Å². The Bertz CT molecular complexity index is 1490. The number of nitrogens with zero attached hydrogens (tertiary/aromatic N) is 5. The minimum atomic E-state index is -0.142. The number of imidazole rings is 1. The quantitative estimate of drug-likeness (QED) is 0.289. The van der Waals surface area contributed by atoms with Gasteiger partial charge in [0.1, 0.15) is 22.1 Å². The number of hydrogen-bond acceptors (Lipinski definition) is 5. The molecule has 0 amide bonds. The summed E-state index contributed by atoms with van der Waals surface area (Å²) in [5.74, 6) is 0.719. The molecule has 162 valence electrons. The van der Waals surface area contributed by atoms with Crippen LogP contribution in [0.25, 0.3) is 33.3 Å². The van der Waals surface area contributed by atoms with Crippen LogP contribution in [-0.2, 0) is 0 Å². The smallest absolute Gasteiger partial charge is 0.264 e. The Hall–Kier alpha value is -3.42. The lowest BCUT2D eigenvalue weighted by Crippen LogP contribution is -2.20. The molecule has 8 heteroatoms. The predicted octanol–water partition coefficient (Wildman–Crippen LogP) is 4.17. The van der Waals surface area contributed by atoms with Gasteiger partial charge in [0.2, 0.25) is 0 Å². The summed E-state index contributed by atoms with van der Waals surface area (Å²) in [5.41, 5.74) is 2.60. The summed E-state index contributed by atoms with van der Waals surface area (Å²) >= 11 is 5.99. The molecule has 0 saturated carbocycles. The second-order valence-electron chi connectivity index (χ2n) is 7.91. The molecule has 0 bridgehead atoms. The van der Waals surface area contributed by atoms with Crippen molar-refractivity contribution in [2.24, 2.45) is 0 Å². The lowest BCUT2D eigenvalue weighted by atomic mass is 10.1. The van der Waals surface area contributed by atoms with Gasteiger partial charge < -0.3 is 9.64 Å². The van der Waals surface area contributed by atoms with Crippen molar-refractivity contribution in [1.82, 2.24) is 23.8 Å². The molecule has 4 heterocycles. The Morgan fingerprint density at radius 1 is 1.06 bits per heavy atom. The Morgan fingerprint density at radius 2 is 1.88 bits per heavy atom. The zero-order chi connectivity index (χ0) is 22.2. The molecule has 1 aromatic carbocycles. The number of fused-ring (bicyclic) bond motifs is 5. The summed E-state index contributed by atoms with van der Waals surface area (Å²) in [4.78, 5) is 24.7. The van der Waals surface area contributed by atoms with E-state index >= 15 is 0 Å². The molecular formula is C24H22ClN5O2. The molecule has 0 saturated heterocycles. The Labute approximate surface area is 189 Å². The molecule has 0 unspecified atom stereocenters. The van der Waals surface area contributed by atoms with Crippen LogP contribution in [0, 0.1) is 0 Å². The maximum absolute atomic E-state index is 13.6. The fourth-order valence-corrected chi connectivity index (χ4v) is 4.01. The van der Waals surface area contributed by atoms with Gasteiger partial charge in [-0.05, 0) is 50.8 Å². The molecule has 0 fully saturated rings. The summed E-state index contributed by atoms with van der Waals surface area (Å²) in [6.07, 6.45) is 4.40. The zero-order valence-electron chi connectivity index (χ0n) is 17.8. The van der Waals surface area contributed by atoms with Gasteiger partial charge in [-0.3, -0.25) is 13.8 Å². The summed E-state index contributed by atoms with van der Waals surface area (Å²) in [6, 6.07) is 14.8. The van der Waals surface area contributed by atoms with Crippen molar-refractivity contribution in [2.45, 2.75) is 6.42 Å². The third-order valence-corrected chi connectivity index (χ3v) is 5.61. The van der Waals surface area contributed by atoms with Gasteiger partial charge in [-0.1, -0.05) is 29.8 Å². The van der Waals surface area contributed by atoms with Crippen LogP contribution in [0.1, 0.15) is 6.42 Å². The van der Waals surface area contributed by atoms with Gasteiger partial charge >= 0.3 is 0 Å². The fourth-order valence-electron chi connectivity index (χ4n) is 3.90. The zero-order valence-corrected chi connectivity index (χ0v) is 18.6. The van der Waals surface area contributed by atoms with Crippen molar-refractivity contribution in [2.75, 3.05) is 27.2 Å². The predicted molar refractivity (Wildman–Crippen MR) is 127 cm³/mol. The maximum Gasteiger partial charge on any atom is 0.264 e. The van der Waals surface area contributed by atoms with Gasteiger partial charge in [0, 0.05) is 17.3 Å². The molecule has 0 aliphatic carbocycles. The molecule has 5 aromatic rings. The highest BCUT2D eigenvalue weighted by Crippen LogP contribution is 2.27. The molecule has 32 heavy (non-hydrogen) atoms. The van der Waals surface area contributed by atoms with E-state index in [0.717, 1.165) is 35.3 Å². The van der Waals surface area contributed by atoms with Crippen molar-refractivity contribution < 1.29 is 4.74 Å². The first-order valence-corrected chi connectivity index (χ1v) is 10.8. The second kappa shape index (κ2) is 8.26. The van der Waals surface area contributed by atoms with E-state index in [1.165, 1.54) is 0 Å². The number of ether oxygens (including phenoxy) is 1. The summed E-state index contributed by atoms with van der Waals surface area (Å²) < 4.78 is 9.51. The van der Waals surface area contributed by atoms with E-state index in [-0.39, 0.29) is 5.56 Å². The first kappa shape index (κ1) is 20.5. The average molecular weight is 448 g/mol. The molecular weight excluding hydrogens is 426 g/mol. The first-order chi connectivity index (χ1) is 15.5. The highest BCUT2D eigenvalue weighted by Gasteiger charge is 2.18. The number of hydrogen-bond donors (Lipinski definition) is 0. The van der Waals surface area contributed by atoms with Gasteiger partial charge in [-0.25, -0.2) is 9.97 Å². The SMILES string of the molecule is CN(C)CCCOc1ccc2nc3c4ccccc4c(=O)n(-c4ccc(Cl)nc4)c3n2c1. The molecule has 0 spiro atoms. The Morgan fingerprint density at radius 3 is 2.62 bits per heavy atom. The van der Waals surface area contributed by atoms with Crippen LogP contribution in [0.3, 0.4) is 0 Å². The third-order valence-electron chi connectivity index (χ3n) is 5.38. The van der Waals surface area contributed by atoms with E-state index in [4.69, 9.17) is 21.3 Å². The van der Waals surface area contributed by atoms with Crippen molar-refractivity contribution in [3.8, 4) is 11.4 Å². The van der Waals surface area contributed by atoms with Crippen LogP contribution in [0.2, 0.25) is 5.15 Å².